The molecule has 2 aromatic heterocycles. The molecule has 4 rings (SSSR count). The molecule has 0 aliphatic heterocycles. The van der Waals surface area contributed by atoms with Crippen LogP contribution < -0.4 is 10.9 Å². The van der Waals surface area contributed by atoms with Crippen molar-refractivity contribution in [2.75, 3.05) is 0 Å². The van der Waals surface area contributed by atoms with Gasteiger partial charge in [0.2, 0.25) is 5.91 Å². The number of carbonyl (C=O) groups excluding carboxylic acids is 1. The zero-order valence-corrected chi connectivity index (χ0v) is 18.9. The van der Waals surface area contributed by atoms with Crippen molar-refractivity contribution in [2.45, 2.75) is 46.6 Å². The molecule has 0 saturated heterocycles. The van der Waals surface area contributed by atoms with Crippen molar-refractivity contribution in [3.05, 3.63) is 80.4 Å². The number of benzene rings is 2. The Hall–Kier alpha value is -3.87. The van der Waals surface area contributed by atoms with Crippen molar-refractivity contribution < 1.29 is 23.5 Å². The Balaban J connectivity index is 1.63. The van der Waals surface area contributed by atoms with E-state index in [2.05, 4.69) is 5.32 Å². The van der Waals surface area contributed by atoms with Crippen LogP contribution >= 0.6 is 0 Å². The molecule has 170 valence electrons. The summed E-state index contributed by atoms with van der Waals surface area (Å²) in [5.74, 6) is -0.800. The molecule has 0 fully saturated rings. The second-order valence-corrected chi connectivity index (χ2v) is 8.28. The first-order chi connectivity index (χ1) is 15.7. The van der Waals surface area contributed by atoms with E-state index < -0.39 is 23.5 Å². The van der Waals surface area contributed by atoms with E-state index in [1.165, 1.54) is 0 Å². The molecule has 1 atom stereocenters. The van der Waals surface area contributed by atoms with Crippen LogP contribution in [0.1, 0.15) is 46.0 Å². The number of carboxylic acids is 1. The SMILES string of the molecule is Cc1oc2c(C)c3oc(=O)c(CCC(=O)N[C@@H](C(=O)O)c4ccccc4)c(C)c3cc2c1C. The van der Waals surface area contributed by atoms with Gasteiger partial charge >= 0.3 is 11.6 Å². The third-order valence-electron chi connectivity index (χ3n) is 6.23. The number of hydrogen-bond donors (Lipinski definition) is 2. The Bertz CT molecular complexity index is 1450. The van der Waals surface area contributed by atoms with Gasteiger partial charge in [0.05, 0.1) is 0 Å². The maximum absolute atomic E-state index is 12.8. The second kappa shape index (κ2) is 8.58. The van der Waals surface area contributed by atoms with Gasteiger partial charge in [0.1, 0.15) is 16.9 Å². The third kappa shape index (κ3) is 4.02. The maximum atomic E-state index is 12.8. The van der Waals surface area contributed by atoms with Gasteiger partial charge in [0.15, 0.2) is 6.04 Å². The van der Waals surface area contributed by atoms with Crippen LogP contribution in [0.25, 0.3) is 21.9 Å². The Labute approximate surface area is 190 Å². The summed E-state index contributed by atoms with van der Waals surface area (Å²) in [4.78, 5) is 36.9. The van der Waals surface area contributed by atoms with Gasteiger partial charge in [-0.1, -0.05) is 30.3 Å². The first-order valence-corrected chi connectivity index (χ1v) is 10.7. The highest BCUT2D eigenvalue weighted by molar-refractivity contribution is 6.00. The zero-order valence-electron chi connectivity index (χ0n) is 18.9. The summed E-state index contributed by atoms with van der Waals surface area (Å²) < 4.78 is 11.5. The quantitative estimate of drug-likeness (QED) is 0.417. The first-order valence-electron chi connectivity index (χ1n) is 10.7. The van der Waals surface area contributed by atoms with Crippen molar-refractivity contribution in [3.63, 3.8) is 0 Å². The summed E-state index contributed by atoms with van der Waals surface area (Å²) in [5.41, 5.74) is 4.08. The fraction of sp³-hybridized carbons (Fsp3) is 0.269. The minimum absolute atomic E-state index is 0.0429. The van der Waals surface area contributed by atoms with Crippen molar-refractivity contribution in [2.24, 2.45) is 0 Å². The minimum atomic E-state index is -1.16. The second-order valence-electron chi connectivity index (χ2n) is 8.28. The van der Waals surface area contributed by atoms with Gasteiger partial charge in [0.25, 0.3) is 0 Å². The van der Waals surface area contributed by atoms with E-state index in [0.717, 1.165) is 33.2 Å². The molecular weight excluding hydrogens is 422 g/mol. The van der Waals surface area contributed by atoms with Gasteiger partial charge in [-0.2, -0.15) is 0 Å². The summed E-state index contributed by atoms with van der Waals surface area (Å²) >= 11 is 0. The number of nitrogens with one attached hydrogen (secondary N) is 1. The molecule has 0 aliphatic rings. The molecule has 2 heterocycles. The number of amides is 1. The molecule has 7 nitrogen and oxygen atoms in total. The lowest BCUT2D eigenvalue weighted by Crippen LogP contribution is -2.34. The number of furan rings is 1. The van der Waals surface area contributed by atoms with E-state index in [0.29, 0.717) is 22.3 Å². The van der Waals surface area contributed by atoms with Gasteiger partial charge in [-0.05, 0) is 56.9 Å². The van der Waals surface area contributed by atoms with Crippen molar-refractivity contribution >= 4 is 33.8 Å². The predicted molar refractivity (Wildman–Crippen MR) is 124 cm³/mol. The predicted octanol–water partition coefficient (Wildman–Crippen LogP) is 4.65. The van der Waals surface area contributed by atoms with Crippen LogP contribution in [0.3, 0.4) is 0 Å². The van der Waals surface area contributed by atoms with Crippen molar-refractivity contribution in [3.8, 4) is 0 Å². The lowest BCUT2D eigenvalue weighted by Gasteiger charge is -2.15. The Morgan fingerprint density at radius 3 is 2.24 bits per heavy atom. The topological polar surface area (TPSA) is 110 Å². The largest absolute Gasteiger partial charge is 0.479 e. The summed E-state index contributed by atoms with van der Waals surface area (Å²) in [6.45, 7) is 7.58. The highest BCUT2D eigenvalue weighted by Gasteiger charge is 2.23. The van der Waals surface area contributed by atoms with Crippen LogP contribution in [0.5, 0.6) is 0 Å². The van der Waals surface area contributed by atoms with E-state index >= 15 is 0 Å². The summed E-state index contributed by atoms with van der Waals surface area (Å²) in [6, 6.07) is 9.28. The number of rotatable bonds is 6. The van der Waals surface area contributed by atoms with Gasteiger partial charge in [-0.15, -0.1) is 0 Å². The van der Waals surface area contributed by atoms with Gasteiger partial charge in [-0.3, -0.25) is 4.79 Å². The lowest BCUT2D eigenvalue weighted by atomic mass is 9.98. The molecule has 7 heteroatoms. The van der Waals surface area contributed by atoms with Crippen LogP contribution in [0, 0.1) is 27.7 Å². The first kappa shape index (κ1) is 22.3. The van der Waals surface area contributed by atoms with Crippen LogP contribution in [-0.4, -0.2) is 17.0 Å². The fourth-order valence-electron chi connectivity index (χ4n) is 4.19. The van der Waals surface area contributed by atoms with Crippen LogP contribution in [0.4, 0.5) is 0 Å². The fourth-order valence-corrected chi connectivity index (χ4v) is 4.19. The van der Waals surface area contributed by atoms with Gasteiger partial charge in [0, 0.05) is 28.3 Å². The van der Waals surface area contributed by atoms with Crippen LogP contribution in [0.2, 0.25) is 0 Å². The highest BCUT2D eigenvalue weighted by atomic mass is 16.4. The Morgan fingerprint density at radius 2 is 1.58 bits per heavy atom. The molecule has 2 aromatic carbocycles. The Morgan fingerprint density at radius 1 is 0.939 bits per heavy atom. The van der Waals surface area contributed by atoms with E-state index in [1.54, 1.807) is 30.3 Å². The van der Waals surface area contributed by atoms with E-state index in [1.807, 2.05) is 33.8 Å². The smallest absolute Gasteiger partial charge is 0.339 e. The van der Waals surface area contributed by atoms with E-state index in [9.17, 15) is 19.5 Å². The number of aliphatic carboxylic acids is 1. The van der Waals surface area contributed by atoms with Crippen LogP contribution in [0.15, 0.2) is 50.0 Å². The average molecular weight is 447 g/mol. The van der Waals surface area contributed by atoms with Crippen LogP contribution in [-0.2, 0) is 16.0 Å². The maximum Gasteiger partial charge on any atom is 0.339 e. The van der Waals surface area contributed by atoms with Crippen molar-refractivity contribution in [1.29, 1.82) is 0 Å². The molecule has 0 saturated carbocycles. The average Bonchev–Trinajstić information content (AvgIpc) is 3.07. The highest BCUT2D eigenvalue weighted by Crippen LogP contribution is 2.34. The minimum Gasteiger partial charge on any atom is -0.479 e. The number of carbonyl (C=O) groups is 2. The van der Waals surface area contributed by atoms with Gasteiger partial charge in [-0.25, -0.2) is 9.59 Å². The molecule has 0 radical (unpaired) electrons. The molecule has 0 aliphatic carbocycles. The molecular formula is C26H25NO6. The molecule has 0 unspecified atom stereocenters. The molecule has 4 aromatic rings. The standard InChI is InChI=1S/C26H25NO6/c1-13-16(4)32-23-15(3)24-20(12-19(13)23)14(2)18(26(31)33-24)10-11-21(28)27-22(25(29)30)17-8-6-5-7-9-17/h5-9,12,22H,10-11H2,1-4H3,(H,27,28)(H,29,30)/t22-/m1/s1. The zero-order chi connectivity index (χ0) is 23.9. The lowest BCUT2D eigenvalue weighted by molar-refractivity contribution is -0.142. The summed E-state index contributed by atoms with van der Waals surface area (Å²) in [7, 11) is 0. The molecule has 0 spiro atoms. The Kier molecular flexibility index (Phi) is 5.80. The number of aryl methyl sites for hydroxylation is 4. The summed E-state index contributed by atoms with van der Waals surface area (Å²) in [6.07, 6.45) is 0.0936. The van der Waals surface area contributed by atoms with Crippen molar-refractivity contribution in [1.82, 2.24) is 5.32 Å². The van der Waals surface area contributed by atoms with E-state index in [-0.39, 0.29) is 12.8 Å². The summed E-state index contributed by atoms with van der Waals surface area (Å²) in [5, 5.41) is 13.8. The molecule has 2 N–H and O–H groups in total. The number of carboxylic acid groups (broad SMARTS) is 1. The number of hydrogen-bond acceptors (Lipinski definition) is 5. The molecule has 33 heavy (non-hydrogen) atoms. The molecule has 0 bridgehead atoms. The van der Waals surface area contributed by atoms with E-state index in [4.69, 9.17) is 8.83 Å². The van der Waals surface area contributed by atoms with Gasteiger partial charge < -0.3 is 19.3 Å². The number of fused-ring (bicyclic) bond motifs is 2. The monoisotopic (exact) mass is 447 g/mol. The molecule has 1 amide bonds. The third-order valence-corrected chi connectivity index (χ3v) is 6.23. The normalized spacial score (nSPS) is 12.2.